The lowest BCUT2D eigenvalue weighted by Gasteiger charge is -2.50. The summed E-state index contributed by atoms with van der Waals surface area (Å²) in [6, 6.07) is 13.1. The van der Waals surface area contributed by atoms with Gasteiger partial charge in [-0.15, -0.1) is 0 Å². The molecule has 4 nitrogen and oxygen atoms in total. The molecule has 3 N–H and O–H groups in total. The highest BCUT2D eigenvalue weighted by molar-refractivity contribution is 7.80. The minimum absolute atomic E-state index is 0.0391. The average Bonchev–Trinajstić information content (AvgIpc) is 2.52. The number of phenols is 1. The minimum atomic E-state index is -0.656. The summed E-state index contributed by atoms with van der Waals surface area (Å²) in [4.78, 5) is 0. The molecule has 0 unspecified atom stereocenters. The number of nitrogens with one attached hydrogen (secondary N) is 2. The molecule has 2 atom stereocenters. The van der Waals surface area contributed by atoms with Crippen molar-refractivity contribution < 1.29 is 9.84 Å². The van der Waals surface area contributed by atoms with Crippen LogP contribution in [0.2, 0.25) is 5.02 Å². The summed E-state index contributed by atoms with van der Waals surface area (Å²) >= 11 is 12.0. The fraction of sp³-hybridized carbons (Fsp3) is 0.350. The molecule has 26 heavy (non-hydrogen) atoms. The Kier molecular flexibility index (Phi) is 4.04. The van der Waals surface area contributed by atoms with Crippen molar-refractivity contribution in [3.05, 3.63) is 58.6 Å². The van der Waals surface area contributed by atoms with Gasteiger partial charge in [-0.25, -0.2) is 0 Å². The second-order valence-electron chi connectivity index (χ2n) is 7.74. The van der Waals surface area contributed by atoms with Gasteiger partial charge in [-0.3, -0.25) is 0 Å². The molecule has 2 aliphatic heterocycles. The summed E-state index contributed by atoms with van der Waals surface area (Å²) in [5.41, 5.74) is 1.21. The number of ether oxygens (including phenoxy) is 1. The molecule has 1 fully saturated rings. The van der Waals surface area contributed by atoms with Gasteiger partial charge in [0.25, 0.3) is 0 Å². The van der Waals surface area contributed by atoms with Crippen LogP contribution >= 0.6 is 23.8 Å². The zero-order chi connectivity index (χ0) is 18.5. The molecule has 2 aromatic rings. The van der Waals surface area contributed by atoms with Crippen LogP contribution in [0.25, 0.3) is 0 Å². The van der Waals surface area contributed by atoms with Gasteiger partial charge in [0.15, 0.2) is 10.8 Å². The van der Waals surface area contributed by atoms with Crippen LogP contribution in [0.3, 0.4) is 0 Å². The van der Waals surface area contributed by atoms with E-state index in [4.69, 9.17) is 28.6 Å². The van der Waals surface area contributed by atoms with Gasteiger partial charge in [0.1, 0.15) is 11.5 Å². The molecule has 2 aromatic carbocycles. The highest BCUT2D eigenvalue weighted by Gasteiger charge is 2.48. The zero-order valence-corrected chi connectivity index (χ0v) is 16.2. The van der Waals surface area contributed by atoms with Crippen LogP contribution in [-0.4, -0.2) is 21.5 Å². The predicted octanol–water partition coefficient (Wildman–Crippen LogP) is 4.30. The summed E-state index contributed by atoms with van der Waals surface area (Å²) in [7, 11) is 0. The Bertz CT molecular complexity index is 886. The topological polar surface area (TPSA) is 53.5 Å². The fourth-order valence-corrected chi connectivity index (χ4v) is 4.89. The predicted molar refractivity (Wildman–Crippen MR) is 107 cm³/mol. The third kappa shape index (κ3) is 3.10. The van der Waals surface area contributed by atoms with Crippen LogP contribution in [-0.2, 0) is 0 Å². The average molecular weight is 389 g/mol. The van der Waals surface area contributed by atoms with Crippen LogP contribution in [0.1, 0.15) is 43.7 Å². The van der Waals surface area contributed by atoms with Crippen molar-refractivity contribution in [1.29, 1.82) is 0 Å². The number of thiocarbonyl (C=S) groups is 1. The molecule has 136 valence electrons. The van der Waals surface area contributed by atoms with Gasteiger partial charge in [0.2, 0.25) is 0 Å². The van der Waals surface area contributed by atoms with E-state index >= 15 is 0 Å². The molecule has 0 radical (unpaired) electrons. The van der Waals surface area contributed by atoms with E-state index in [1.54, 1.807) is 12.1 Å². The lowest BCUT2D eigenvalue weighted by Crippen LogP contribution is -2.69. The first-order chi connectivity index (χ1) is 12.3. The smallest absolute Gasteiger partial charge is 0.185 e. The number of aromatic hydroxyl groups is 1. The maximum Gasteiger partial charge on any atom is 0.185 e. The molecule has 0 bridgehead atoms. The minimum Gasteiger partial charge on any atom is -0.508 e. The van der Waals surface area contributed by atoms with Crippen molar-refractivity contribution in [3.63, 3.8) is 0 Å². The molecule has 0 aromatic heterocycles. The number of halogens is 1. The Morgan fingerprint density at radius 2 is 1.92 bits per heavy atom. The van der Waals surface area contributed by atoms with E-state index in [0.29, 0.717) is 17.3 Å². The summed E-state index contributed by atoms with van der Waals surface area (Å²) in [6.45, 7) is 4.21. The Labute approximate surface area is 163 Å². The Morgan fingerprint density at radius 1 is 1.15 bits per heavy atom. The molecule has 0 aliphatic carbocycles. The summed E-state index contributed by atoms with van der Waals surface area (Å²) in [5.74, 6) is 0.876. The van der Waals surface area contributed by atoms with Gasteiger partial charge in [-0.2, -0.15) is 0 Å². The van der Waals surface area contributed by atoms with Crippen molar-refractivity contribution >= 4 is 28.9 Å². The lowest BCUT2D eigenvalue weighted by molar-refractivity contribution is -0.0128. The van der Waals surface area contributed by atoms with E-state index in [2.05, 4.69) is 24.5 Å². The van der Waals surface area contributed by atoms with E-state index in [1.807, 2.05) is 30.3 Å². The molecule has 4 rings (SSSR count). The third-order valence-corrected chi connectivity index (χ3v) is 5.56. The van der Waals surface area contributed by atoms with Crippen LogP contribution in [0.4, 0.5) is 0 Å². The largest absolute Gasteiger partial charge is 0.508 e. The standard InChI is InChI=1S/C20H21ClN2O2S/c1-19(2)11-20(23-18(26)22-19)10-15(13-5-3-4-6-16(13)21)14-8-7-12(24)9-17(14)25-20/h3-9,15,24H,10-11H2,1-2H3,(H2,22,23,26)/t15-,20-/m0/s1. The maximum atomic E-state index is 9.98. The van der Waals surface area contributed by atoms with Gasteiger partial charge in [0, 0.05) is 41.0 Å². The Morgan fingerprint density at radius 3 is 2.65 bits per heavy atom. The van der Waals surface area contributed by atoms with E-state index < -0.39 is 5.72 Å². The fourth-order valence-electron chi connectivity index (χ4n) is 4.16. The van der Waals surface area contributed by atoms with Crippen molar-refractivity contribution in [2.24, 2.45) is 0 Å². The summed E-state index contributed by atoms with van der Waals surface area (Å²) in [5, 5.41) is 17.9. The van der Waals surface area contributed by atoms with Gasteiger partial charge < -0.3 is 20.5 Å². The normalized spacial score (nSPS) is 26.4. The Hall–Kier alpha value is -1.98. The van der Waals surface area contributed by atoms with Crippen molar-refractivity contribution in [1.82, 2.24) is 10.6 Å². The molecule has 2 aliphatic rings. The third-order valence-electron chi connectivity index (χ3n) is 5.01. The van der Waals surface area contributed by atoms with E-state index in [-0.39, 0.29) is 17.2 Å². The summed E-state index contributed by atoms with van der Waals surface area (Å²) in [6.07, 6.45) is 1.41. The van der Waals surface area contributed by atoms with Gasteiger partial charge >= 0.3 is 0 Å². The molecule has 6 heteroatoms. The molecule has 1 saturated heterocycles. The van der Waals surface area contributed by atoms with E-state index in [9.17, 15) is 5.11 Å². The number of rotatable bonds is 1. The highest BCUT2D eigenvalue weighted by atomic mass is 35.5. The number of fused-ring (bicyclic) bond motifs is 1. The van der Waals surface area contributed by atoms with Crippen molar-refractivity contribution in [2.75, 3.05) is 0 Å². The first-order valence-corrected chi connectivity index (χ1v) is 9.42. The van der Waals surface area contributed by atoms with Crippen LogP contribution in [0.15, 0.2) is 42.5 Å². The van der Waals surface area contributed by atoms with Crippen LogP contribution in [0, 0.1) is 0 Å². The van der Waals surface area contributed by atoms with Crippen molar-refractivity contribution in [3.8, 4) is 11.5 Å². The van der Waals surface area contributed by atoms with Crippen LogP contribution in [0.5, 0.6) is 11.5 Å². The monoisotopic (exact) mass is 388 g/mol. The second kappa shape index (κ2) is 6.03. The van der Waals surface area contributed by atoms with Crippen molar-refractivity contribution in [2.45, 2.75) is 43.9 Å². The van der Waals surface area contributed by atoms with Crippen LogP contribution < -0.4 is 15.4 Å². The lowest BCUT2D eigenvalue weighted by atomic mass is 9.77. The highest BCUT2D eigenvalue weighted by Crippen LogP contribution is 2.48. The molecular formula is C20H21ClN2O2S. The summed E-state index contributed by atoms with van der Waals surface area (Å²) < 4.78 is 6.40. The van der Waals surface area contributed by atoms with Gasteiger partial charge in [0.05, 0.1) is 0 Å². The van der Waals surface area contributed by atoms with Gasteiger partial charge in [-0.05, 0) is 43.8 Å². The van der Waals surface area contributed by atoms with E-state index in [1.165, 1.54) is 0 Å². The Balaban J connectivity index is 1.84. The van der Waals surface area contributed by atoms with Gasteiger partial charge in [-0.1, -0.05) is 35.9 Å². The molecule has 0 amide bonds. The first kappa shape index (κ1) is 17.4. The SMILES string of the molecule is CC1(C)C[C@@]2(C[C@@H](c3ccccc3Cl)c3ccc(O)cc3O2)NC(=S)N1. The first-order valence-electron chi connectivity index (χ1n) is 8.64. The quantitative estimate of drug-likeness (QED) is 0.636. The number of benzene rings is 2. The second-order valence-corrected chi connectivity index (χ2v) is 8.55. The maximum absolute atomic E-state index is 9.98. The molecule has 1 spiro atoms. The molecule has 0 saturated carbocycles. The zero-order valence-electron chi connectivity index (χ0n) is 14.7. The number of hydrogen-bond acceptors (Lipinski definition) is 3. The number of hydrogen-bond donors (Lipinski definition) is 3. The molecular weight excluding hydrogens is 368 g/mol. The number of phenolic OH excluding ortho intramolecular Hbond substituents is 1. The van der Waals surface area contributed by atoms with E-state index in [0.717, 1.165) is 22.6 Å². The molecule has 2 heterocycles.